The van der Waals surface area contributed by atoms with E-state index in [0.717, 1.165) is 42.7 Å². The lowest BCUT2D eigenvalue weighted by Gasteiger charge is -2.63. The number of amides is 4. The number of carboxylic acids is 2. The number of likely N-dealkylation sites (N-methyl/N-ethyl adjacent to an activating group) is 2. The molecular weight excluding hydrogens is 1300 g/mol. The van der Waals surface area contributed by atoms with Gasteiger partial charge in [0.05, 0.1) is 57.2 Å². The number of benzene rings is 2. The number of hydrogen-bond acceptors (Lipinski definition) is 24. The molecule has 1 unspecified atom stereocenters. The molecule has 4 aromatic rings. The number of esters is 1. The highest BCUT2D eigenvalue weighted by molar-refractivity contribution is 8.76. The highest BCUT2D eigenvalue weighted by atomic mass is 33.1. The Morgan fingerprint density at radius 1 is 0.916 bits per heavy atom. The number of anilines is 1. The fraction of sp³-hybridized carbons (Fsp3) is 0.590. The van der Waals surface area contributed by atoms with Gasteiger partial charge in [-0.2, -0.15) is 8.42 Å². The van der Waals surface area contributed by atoms with E-state index >= 15 is 9.59 Å². The summed E-state index contributed by atoms with van der Waals surface area (Å²) in [6, 6.07) is 5.63. The number of aliphatic hydroxyl groups is 3. The smallest absolute Gasteiger partial charge is 0.426 e. The first kappa shape index (κ1) is 70.7. The number of H-pyrrole nitrogens is 1. The third kappa shape index (κ3) is 13.3. The lowest BCUT2D eigenvalue weighted by atomic mass is 9.47. The standard InChI is InChI=1S/C61H82N12O19S3/c1-7-57(84)28-34-29-60(55(82)90-6,47-37(14-18-71(30-34)33-57)36-12-9-10-13-40(36)63-47)39-25-38-44(27-45(39)89-5)70(4)52-59(38)16-19-72-17-11-15-58(8-2,51(59)72)53(80)61(52,85)54(81)67-68-56(83)91-22-23-93-94-32-43(50(78)79)65-49(77)42(64-48(76)41(62-3)26-46(74)75)24-35-31-73(69-66-35)20-21-92-95(86,87)88/h9-13,15,25,27,31,34,41-43,51-53,62-63,80,84-85H,7-8,14,16-24,26,28-30,32-33H2,1-6H3,(H,64,76)(H,65,77)(H,67,81)(H,68,83)(H,74,75)(H,78,79)(H,86,87,88)/t34-,41+,42+,43+,51+,52-,53-,57+,58-,59-,60+,61+/m1/s1. The Labute approximate surface area is 555 Å². The minimum Gasteiger partial charge on any atom is -0.496 e. The molecule has 7 heterocycles. The van der Waals surface area contributed by atoms with Gasteiger partial charge in [-0.15, -0.1) is 5.10 Å². The number of hydrogen-bond donors (Lipinski definition) is 12. The number of nitrogens with zero attached hydrogens (tertiary/aromatic N) is 6. The third-order valence-electron chi connectivity index (χ3n) is 20.0. The lowest BCUT2D eigenvalue weighted by Crippen LogP contribution is -2.82. The largest absolute Gasteiger partial charge is 0.496 e. The molecule has 2 saturated heterocycles. The van der Waals surface area contributed by atoms with Crippen molar-refractivity contribution < 1.29 is 90.5 Å². The molecule has 1 saturated carbocycles. The van der Waals surface area contributed by atoms with E-state index in [9.17, 15) is 57.9 Å². The predicted octanol–water partition coefficient (Wildman–Crippen LogP) is 0.156. The molecule has 518 valence electrons. The molecule has 3 fully saturated rings. The quantitative estimate of drug-likeness (QED) is 0.00994. The van der Waals surface area contributed by atoms with Gasteiger partial charge in [-0.25, -0.2) is 23.9 Å². The third-order valence-corrected chi connectivity index (χ3v) is 22.9. The van der Waals surface area contributed by atoms with Gasteiger partial charge in [0.1, 0.15) is 36.0 Å². The van der Waals surface area contributed by atoms with E-state index in [1.54, 1.807) is 11.9 Å². The van der Waals surface area contributed by atoms with Crippen molar-refractivity contribution in [3.8, 4) is 5.75 Å². The summed E-state index contributed by atoms with van der Waals surface area (Å²) in [6.45, 7) is 5.56. The fourth-order valence-electron chi connectivity index (χ4n) is 16.0. The molecule has 5 aliphatic heterocycles. The van der Waals surface area contributed by atoms with E-state index in [4.69, 9.17) is 18.8 Å². The maximum absolute atomic E-state index is 15.6. The number of fused-ring (bicyclic) bond motifs is 6. The molecular formula is C61H82N12O19S3. The van der Waals surface area contributed by atoms with Crippen LogP contribution in [0.15, 0.2) is 54.7 Å². The average molecular weight is 1380 g/mol. The number of methoxy groups -OCH3 is 2. The normalized spacial score (nSPS) is 28.4. The summed E-state index contributed by atoms with van der Waals surface area (Å²) in [5.74, 6) is -6.48. The maximum Gasteiger partial charge on any atom is 0.426 e. The van der Waals surface area contributed by atoms with Crippen LogP contribution in [0.1, 0.15) is 80.5 Å². The number of para-hydroxylation sites is 1. The highest BCUT2D eigenvalue weighted by Crippen LogP contribution is 2.67. The van der Waals surface area contributed by atoms with Gasteiger partial charge in [0.2, 0.25) is 11.8 Å². The number of ether oxygens (including phenoxy) is 3. The molecule has 4 amide bonds. The van der Waals surface area contributed by atoms with Crippen LogP contribution in [0, 0.1) is 11.3 Å². The zero-order valence-electron chi connectivity index (χ0n) is 53.4. The minimum absolute atomic E-state index is 0.0504. The summed E-state index contributed by atoms with van der Waals surface area (Å²) in [5.41, 5.74) is 1.20. The second-order valence-corrected chi connectivity index (χ2v) is 29.0. The van der Waals surface area contributed by atoms with Crippen LogP contribution in [0.4, 0.5) is 10.5 Å². The van der Waals surface area contributed by atoms with Crippen molar-refractivity contribution in [3.63, 3.8) is 0 Å². The first-order chi connectivity index (χ1) is 45.2. The Morgan fingerprint density at radius 2 is 1.66 bits per heavy atom. The summed E-state index contributed by atoms with van der Waals surface area (Å²) in [5, 5.41) is 74.1. The number of aromatic nitrogens is 4. The van der Waals surface area contributed by atoms with Gasteiger partial charge >= 0.3 is 34.4 Å². The first-order valence-corrected chi connectivity index (χ1v) is 35.1. The molecule has 12 N–H and O–H groups in total. The molecule has 31 nitrogen and oxygen atoms in total. The lowest BCUT2D eigenvalue weighted by molar-refractivity contribution is -0.204. The average Bonchev–Trinajstić information content (AvgIpc) is 1.50. The minimum atomic E-state index is -4.76. The van der Waals surface area contributed by atoms with Gasteiger partial charge in [0.25, 0.3) is 5.91 Å². The summed E-state index contributed by atoms with van der Waals surface area (Å²) in [4.78, 5) is 105. The number of carbonyl (C=O) groups is 7. The molecule has 10 rings (SSSR count). The van der Waals surface area contributed by atoms with Gasteiger partial charge in [-0.05, 0) is 81.3 Å². The molecule has 0 radical (unpaired) electrons. The second kappa shape index (κ2) is 28.1. The number of aliphatic hydroxyl groups excluding tert-OH is 1. The molecule has 2 bridgehead atoms. The van der Waals surface area contributed by atoms with Crippen LogP contribution in [0.3, 0.4) is 0 Å². The van der Waals surface area contributed by atoms with Gasteiger partial charge in [0.15, 0.2) is 5.60 Å². The van der Waals surface area contributed by atoms with Crippen LogP contribution in [-0.2, 0) is 83.0 Å². The number of carbonyl (C=O) groups excluding carboxylic acids is 5. The van der Waals surface area contributed by atoms with Gasteiger partial charge in [0, 0.05) is 108 Å². The topological polar surface area (TPSA) is 428 Å². The zero-order chi connectivity index (χ0) is 68.6. The molecule has 6 aliphatic rings. The van der Waals surface area contributed by atoms with Crippen LogP contribution >= 0.6 is 21.6 Å². The van der Waals surface area contributed by atoms with Crippen molar-refractivity contribution in [2.75, 3.05) is 90.7 Å². The molecule has 1 spiro atoms. The van der Waals surface area contributed by atoms with Gasteiger partial charge in [-0.1, -0.05) is 71.0 Å². The molecule has 2 aromatic carbocycles. The molecule has 1 aliphatic carbocycles. The molecule has 2 aromatic heterocycles. The van der Waals surface area contributed by atoms with E-state index in [2.05, 4.69) is 56.1 Å². The van der Waals surface area contributed by atoms with Crippen molar-refractivity contribution in [2.45, 2.75) is 130 Å². The summed E-state index contributed by atoms with van der Waals surface area (Å²) in [6.07, 6.45) is 3.48. The van der Waals surface area contributed by atoms with Crippen LogP contribution in [0.5, 0.6) is 5.75 Å². The number of aliphatic carboxylic acids is 2. The van der Waals surface area contributed by atoms with Gasteiger partial charge < -0.3 is 65.6 Å². The van der Waals surface area contributed by atoms with E-state index in [0.29, 0.717) is 86.7 Å². The van der Waals surface area contributed by atoms with Crippen LogP contribution in [-0.4, -0.2) is 243 Å². The van der Waals surface area contributed by atoms with E-state index in [1.807, 2.05) is 62.4 Å². The Kier molecular flexibility index (Phi) is 20.9. The molecule has 13 atom stereocenters. The van der Waals surface area contributed by atoms with Crippen molar-refractivity contribution in [1.29, 1.82) is 0 Å². The van der Waals surface area contributed by atoms with Gasteiger partial charge in [-0.3, -0.25) is 43.8 Å². The van der Waals surface area contributed by atoms with Crippen molar-refractivity contribution in [3.05, 3.63) is 82.8 Å². The number of piperidine rings is 1. The monoisotopic (exact) mass is 1380 g/mol. The van der Waals surface area contributed by atoms with E-state index in [-0.39, 0.29) is 49.1 Å². The van der Waals surface area contributed by atoms with Crippen LogP contribution in [0.25, 0.3) is 10.9 Å². The number of hydrazine groups is 1. The Morgan fingerprint density at radius 3 is 2.36 bits per heavy atom. The predicted molar refractivity (Wildman–Crippen MR) is 344 cm³/mol. The van der Waals surface area contributed by atoms with Crippen LogP contribution in [0.2, 0.25) is 0 Å². The number of nitrogens with one attached hydrogen (secondary N) is 6. The SMILES string of the molecule is CC[C@]1(O)C[C@H]2CN(CCc3c([nH]c4ccccc34)[C@@](C(=O)OC)(c3cc4c(cc3OC)N(C)[C@H]3[C@@](O)(C(=O)NNC(=O)OCCSSC[C@H](NC(=O)[C@H](Cc5cn(CCOS(=O)(=O)O)nn5)NC(=O)[C@H](CC(=O)O)NC)C(=O)O)[C@H](O)[C@]5(CC)C=CCN6CC[C@]43[C@@H]65)C2)C1. The Balaban J connectivity index is 0.858. The van der Waals surface area contributed by atoms with Crippen molar-refractivity contribution in [1.82, 2.24) is 56.6 Å². The summed E-state index contributed by atoms with van der Waals surface area (Å²) in [7, 11) is 3.23. The number of rotatable bonds is 26. The summed E-state index contributed by atoms with van der Waals surface area (Å²) >= 11 is 0. The first-order valence-electron chi connectivity index (χ1n) is 31.3. The number of carboxylic acid groups (broad SMARTS) is 2. The Hall–Kier alpha value is -7.12. The summed E-state index contributed by atoms with van der Waals surface area (Å²) < 4.78 is 54.0. The van der Waals surface area contributed by atoms with Crippen LogP contribution < -0.4 is 36.4 Å². The molecule has 95 heavy (non-hydrogen) atoms. The van der Waals surface area contributed by atoms with E-state index < -0.39 is 135 Å². The van der Waals surface area contributed by atoms with E-state index in [1.165, 1.54) is 27.5 Å². The maximum atomic E-state index is 15.6. The fourth-order valence-corrected chi connectivity index (χ4v) is 18.3. The van der Waals surface area contributed by atoms with Crippen molar-refractivity contribution >= 4 is 90.3 Å². The molecule has 34 heteroatoms. The Bertz CT molecular complexity index is 3750. The zero-order valence-corrected chi connectivity index (χ0v) is 55.8. The van der Waals surface area contributed by atoms with Crippen molar-refractivity contribution in [2.24, 2.45) is 11.3 Å². The highest BCUT2D eigenvalue weighted by Gasteiger charge is 2.79. The number of aromatic amines is 1. The second-order valence-electron chi connectivity index (χ2n) is 25.3.